The summed E-state index contributed by atoms with van der Waals surface area (Å²) >= 11 is 11.3. The largest absolute Gasteiger partial charge is 0.506 e. The number of benzene rings is 1. The molecule has 2 unspecified atom stereocenters. The zero-order valence-corrected chi connectivity index (χ0v) is 9.40. The first-order valence-electron chi connectivity index (χ1n) is 4.18. The van der Waals surface area contributed by atoms with Crippen molar-refractivity contribution in [3.63, 3.8) is 0 Å². The number of hydrogen-bond donors (Lipinski definition) is 4. The molecule has 0 aliphatic carbocycles. The molecular formula is C9H9Cl2NO4. The summed E-state index contributed by atoms with van der Waals surface area (Å²) in [7, 11) is 0. The van der Waals surface area contributed by atoms with Crippen molar-refractivity contribution < 1.29 is 20.1 Å². The Hall–Kier alpha value is -1.01. The minimum Gasteiger partial charge on any atom is -0.506 e. The number of aliphatic hydroxyl groups excluding tert-OH is 2. The number of aliphatic hydroxyl groups is 2. The second-order valence-electron chi connectivity index (χ2n) is 3.12. The molecule has 1 aromatic carbocycles. The second-order valence-corrected chi connectivity index (χ2v) is 3.93. The number of carbonyl (C=O) groups excluding carboxylic acids is 1. The van der Waals surface area contributed by atoms with Gasteiger partial charge in [-0.2, -0.15) is 0 Å². The average molecular weight is 266 g/mol. The van der Waals surface area contributed by atoms with Crippen LogP contribution >= 0.6 is 23.2 Å². The predicted molar refractivity (Wildman–Crippen MR) is 58.3 cm³/mol. The lowest BCUT2D eigenvalue weighted by Gasteiger charge is -2.17. The first-order valence-corrected chi connectivity index (χ1v) is 4.93. The zero-order chi connectivity index (χ0) is 12.5. The van der Waals surface area contributed by atoms with E-state index < -0.39 is 18.1 Å². The van der Waals surface area contributed by atoms with E-state index in [2.05, 4.69) is 0 Å². The lowest BCUT2D eigenvalue weighted by molar-refractivity contribution is -0.131. The molecule has 88 valence electrons. The topological polar surface area (TPSA) is 104 Å². The van der Waals surface area contributed by atoms with Crippen LogP contribution in [0.1, 0.15) is 11.7 Å². The summed E-state index contributed by atoms with van der Waals surface area (Å²) in [4.78, 5) is 10.7. The Bertz CT molecular complexity index is 424. The van der Waals surface area contributed by atoms with Crippen LogP contribution in [0.25, 0.3) is 0 Å². The van der Waals surface area contributed by atoms with Crippen molar-refractivity contribution in [2.45, 2.75) is 12.2 Å². The molecule has 0 saturated heterocycles. The van der Waals surface area contributed by atoms with Gasteiger partial charge in [-0.05, 0) is 6.07 Å². The van der Waals surface area contributed by atoms with E-state index in [1.807, 2.05) is 0 Å². The van der Waals surface area contributed by atoms with E-state index in [1.165, 1.54) is 0 Å². The summed E-state index contributed by atoms with van der Waals surface area (Å²) in [5.41, 5.74) is 4.83. The maximum absolute atomic E-state index is 10.7. The summed E-state index contributed by atoms with van der Waals surface area (Å²) in [5, 5.41) is 27.9. The van der Waals surface area contributed by atoms with E-state index in [-0.39, 0.29) is 21.4 Å². The average Bonchev–Trinajstić information content (AvgIpc) is 2.21. The molecule has 0 radical (unpaired) electrons. The van der Waals surface area contributed by atoms with Crippen LogP contribution in [0.15, 0.2) is 12.1 Å². The van der Waals surface area contributed by atoms with Gasteiger partial charge in [-0.15, -0.1) is 0 Å². The summed E-state index contributed by atoms with van der Waals surface area (Å²) in [6.45, 7) is 0. The van der Waals surface area contributed by atoms with E-state index in [0.29, 0.717) is 0 Å². The molecule has 5 N–H and O–H groups in total. The van der Waals surface area contributed by atoms with Crippen molar-refractivity contribution in [3.8, 4) is 5.75 Å². The van der Waals surface area contributed by atoms with Gasteiger partial charge in [0.15, 0.2) is 6.10 Å². The molecule has 5 nitrogen and oxygen atoms in total. The van der Waals surface area contributed by atoms with Crippen LogP contribution in [-0.2, 0) is 4.79 Å². The molecule has 1 amide bonds. The normalized spacial score (nSPS) is 14.5. The van der Waals surface area contributed by atoms with Crippen molar-refractivity contribution in [1.29, 1.82) is 0 Å². The molecule has 0 fully saturated rings. The molecular weight excluding hydrogens is 257 g/mol. The van der Waals surface area contributed by atoms with Gasteiger partial charge in [0.25, 0.3) is 0 Å². The SMILES string of the molecule is NC(=O)C(O)C(O)c1cc(Cl)c(O)cc1Cl. The molecule has 1 aromatic rings. The second kappa shape index (κ2) is 4.88. The Balaban J connectivity index is 3.13. The predicted octanol–water partition coefficient (Wildman–Crippen LogP) is 0.579. The van der Waals surface area contributed by atoms with Gasteiger partial charge in [-0.3, -0.25) is 4.79 Å². The number of aromatic hydroxyl groups is 1. The number of rotatable bonds is 3. The third-order valence-corrected chi connectivity index (χ3v) is 2.61. The minimum absolute atomic E-state index is 0.00997. The summed E-state index contributed by atoms with van der Waals surface area (Å²) in [5.74, 6) is -1.36. The quantitative estimate of drug-likeness (QED) is 0.642. The molecule has 0 spiro atoms. The smallest absolute Gasteiger partial charge is 0.249 e. The minimum atomic E-state index is -1.79. The van der Waals surface area contributed by atoms with Crippen molar-refractivity contribution >= 4 is 29.1 Å². The highest BCUT2D eigenvalue weighted by Gasteiger charge is 2.26. The third-order valence-electron chi connectivity index (χ3n) is 1.98. The molecule has 0 bridgehead atoms. The van der Waals surface area contributed by atoms with Gasteiger partial charge in [-0.25, -0.2) is 0 Å². The molecule has 16 heavy (non-hydrogen) atoms. The Labute approximate surface area is 101 Å². The van der Waals surface area contributed by atoms with Gasteiger partial charge in [0.2, 0.25) is 5.91 Å². The molecule has 0 aliphatic rings. The Morgan fingerprint density at radius 3 is 2.31 bits per heavy atom. The number of amides is 1. The number of hydrogen-bond acceptors (Lipinski definition) is 4. The van der Waals surface area contributed by atoms with Crippen LogP contribution in [0.2, 0.25) is 10.0 Å². The maximum atomic E-state index is 10.7. The van der Waals surface area contributed by atoms with E-state index in [4.69, 9.17) is 28.9 Å². The summed E-state index contributed by atoms with van der Waals surface area (Å²) in [6.07, 6.45) is -3.39. The number of primary amides is 1. The molecule has 2 atom stereocenters. The molecule has 0 saturated carbocycles. The Morgan fingerprint density at radius 2 is 1.81 bits per heavy atom. The fourth-order valence-corrected chi connectivity index (χ4v) is 1.55. The fraction of sp³-hybridized carbons (Fsp3) is 0.222. The van der Waals surface area contributed by atoms with Crippen molar-refractivity contribution in [2.24, 2.45) is 5.73 Å². The van der Waals surface area contributed by atoms with Gasteiger partial charge in [0, 0.05) is 11.6 Å². The lowest BCUT2D eigenvalue weighted by atomic mass is 10.0. The highest BCUT2D eigenvalue weighted by Crippen LogP contribution is 2.34. The van der Waals surface area contributed by atoms with Gasteiger partial charge in [0.05, 0.1) is 10.0 Å². The van der Waals surface area contributed by atoms with Crippen LogP contribution in [-0.4, -0.2) is 27.3 Å². The Kier molecular flexibility index (Phi) is 3.98. The first-order chi connectivity index (χ1) is 7.34. The number of phenolic OH excluding ortho intramolecular Hbond substituents is 1. The van der Waals surface area contributed by atoms with Crippen molar-refractivity contribution in [1.82, 2.24) is 0 Å². The summed E-state index contributed by atoms with van der Waals surface area (Å²) < 4.78 is 0. The van der Waals surface area contributed by atoms with Crippen molar-refractivity contribution in [3.05, 3.63) is 27.7 Å². The van der Waals surface area contributed by atoms with Gasteiger partial charge in [-0.1, -0.05) is 23.2 Å². The highest BCUT2D eigenvalue weighted by atomic mass is 35.5. The van der Waals surface area contributed by atoms with E-state index in [9.17, 15) is 20.1 Å². The molecule has 1 rings (SSSR count). The Morgan fingerprint density at radius 1 is 1.25 bits per heavy atom. The molecule has 0 aliphatic heterocycles. The van der Waals surface area contributed by atoms with E-state index in [0.717, 1.165) is 12.1 Å². The fourth-order valence-electron chi connectivity index (χ4n) is 1.10. The van der Waals surface area contributed by atoms with E-state index in [1.54, 1.807) is 0 Å². The van der Waals surface area contributed by atoms with Gasteiger partial charge in [0.1, 0.15) is 11.9 Å². The standard InChI is InChI=1S/C9H9Cl2NO4/c10-4-2-6(13)5(11)1-3(4)7(14)8(15)9(12)16/h1-2,7-8,13-15H,(H2,12,16). The van der Waals surface area contributed by atoms with Crippen LogP contribution in [0.4, 0.5) is 0 Å². The number of phenols is 1. The lowest BCUT2D eigenvalue weighted by Crippen LogP contribution is -2.34. The maximum Gasteiger partial charge on any atom is 0.249 e. The van der Waals surface area contributed by atoms with Crippen LogP contribution in [0, 0.1) is 0 Å². The van der Waals surface area contributed by atoms with Crippen LogP contribution in [0.5, 0.6) is 5.75 Å². The monoisotopic (exact) mass is 265 g/mol. The molecule has 0 heterocycles. The van der Waals surface area contributed by atoms with Crippen molar-refractivity contribution in [2.75, 3.05) is 0 Å². The van der Waals surface area contributed by atoms with Crippen LogP contribution < -0.4 is 5.73 Å². The number of carbonyl (C=O) groups is 1. The zero-order valence-electron chi connectivity index (χ0n) is 7.89. The third kappa shape index (κ3) is 2.56. The number of nitrogens with two attached hydrogens (primary N) is 1. The molecule has 0 aromatic heterocycles. The van der Waals surface area contributed by atoms with Crippen LogP contribution in [0.3, 0.4) is 0 Å². The van der Waals surface area contributed by atoms with Gasteiger partial charge >= 0.3 is 0 Å². The van der Waals surface area contributed by atoms with E-state index >= 15 is 0 Å². The molecule has 7 heteroatoms. The van der Waals surface area contributed by atoms with Gasteiger partial charge < -0.3 is 21.1 Å². The number of halogens is 2. The summed E-state index contributed by atoms with van der Waals surface area (Å²) in [6, 6.07) is 2.24. The highest BCUT2D eigenvalue weighted by molar-refractivity contribution is 6.34. The first kappa shape index (κ1) is 13.1.